The summed E-state index contributed by atoms with van der Waals surface area (Å²) in [6, 6.07) is 0. The number of nitrogens with two attached hydrogens (primary N) is 1. The molecule has 2 nitrogen and oxygen atoms in total. The van der Waals surface area contributed by atoms with Gasteiger partial charge in [-0.3, -0.25) is 0 Å². The van der Waals surface area contributed by atoms with Gasteiger partial charge in [-0.15, -0.1) is 0 Å². The van der Waals surface area contributed by atoms with E-state index in [1.807, 2.05) is 0 Å². The molecule has 1 aliphatic rings. The molecule has 2 atom stereocenters. The summed E-state index contributed by atoms with van der Waals surface area (Å²) >= 11 is 0. The fourth-order valence-electron chi connectivity index (χ4n) is 2.41. The molecule has 0 amide bonds. The third-order valence-electron chi connectivity index (χ3n) is 3.40. The molecule has 2 heteroatoms. The highest BCUT2D eigenvalue weighted by Gasteiger charge is 2.35. The van der Waals surface area contributed by atoms with E-state index >= 15 is 0 Å². The molecule has 1 aliphatic carbocycles. The Balaban J connectivity index is 2.64. The lowest BCUT2D eigenvalue weighted by Crippen LogP contribution is -2.52. The second-order valence-electron chi connectivity index (χ2n) is 4.52. The molecule has 2 N–H and O–H groups in total. The van der Waals surface area contributed by atoms with Crippen molar-refractivity contribution in [3.63, 3.8) is 0 Å². The Bertz CT molecular complexity index is 145. The molecule has 1 rings (SSSR count). The predicted octanol–water partition coefficient (Wildman–Crippen LogP) is 1.46. The van der Waals surface area contributed by atoms with Gasteiger partial charge in [-0.1, -0.05) is 19.8 Å². The summed E-state index contributed by atoms with van der Waals surface area (Å²) in [5, 5.41) is 0. The van der Waals surface area contributed by atoms with Crippen LogP contribution in [0.15, 0.2) is 0 Å². The maximum Gasteiger partial charge on any atom is 0.0328 e. The van der Waals surface area contributed by atoms with Crippen LogP contribution in [-0.2, 0) is 0 Å². The first-order valence-electron chi connectivity index (χ1n) is 4.98. The monoisotopic (exact) mass is 170 g/mol. The summed E-state index contributed by atoms with van der Waals surface area (Å²) < 4.78 is 0. The number of nitrogens with zero attached hydrogens (tertiary/aromatic N) is 1. The molecule has 0 aromatic carbocycles. The van der Waals surface area contributed by atoms with Gasteiger partial charge in [0, 0.05) is 12.1 Å². The van der Waals surface area contributed by atoms with Crippen molar-refractivity contribution >= 4 is 0 Å². The highest BCUT2D eigenvalue weighted by Crippen LogP contribution is 2.34. The van der Waals surface area contributed by atoms with Crippen molar-refractivity contribution in [2.75, 3.05) is 20.6 Å². The summed E-state index contributed by atoms with van der Waals surface area (Å²) in [7, 11) is 4.32. The van der Waals surface area contributed by atoms with Gasteiger partial charge in [0.05, 0.1) is 0 Å². The van der Waals surface area contributed by atoms with Crippen LogP contribution in [0.1, 0.15) is 32.6 Å². The van der Waals surface area contributed by atoms with Crippen LogP contribution < -0.4 is 5.73 Å². The molecule has 0 bridgehead atoms. The molecule has 0 aliphatic heterocycles. The molecule has 1 fully saturated rings. The summed E-state index contributed by atoms with van der Waals surface area (Å²) in [5.41, 5.74) is 6.16. The highest BCUT2D eigenvalue weighted by atomic mass is 15.2. The van der Waals surface area contributed by atoms with Crippen molar-refractivity contribution in [3.8, 4) is 0 Å². The third-order valence-corrected chi connectivity index (χ3v) is 3.40. The zero-order valence-corrected chi connectivity index (χ0v) is 8.64. The highest BCUT2D eigenvalue weighted by molar-refractivity contribution is 4.93. The first-order chi connectivity index (χ1) is 5.60. The van der Waals surface area contributed by atoms with E-state index in [0.29, 0.717) is 5.54 Å². The van der Waals surface area contributed by atoms with Gasteiger partial charge in [-0.25, -0.2) is 0 Å². The predicted molar refractivity (Wildman–Crippen MR) is 53.1 cm³/mol. The smallest absolute Gasteiger partial charge is 0.0328 e. The molecular weight excluding hydrogens is 148 g/mol. The molecule has 72 valence electrons. The SMILES string of the molecule is C[C@H]1CCC[C@@](CN)(N(C)C)C1. The molecular formula is C10H22N2. The fourth-order valence-corrected chi connectivity index (χ4v) is 2.41. The Morgan fingerprint density at radius 1 is 1.50 bits per heavy atom. The second kappa shape index (κ2) is 3.75. The Kier molecular flexibility index (Phi) is 3.13. The molecule has 1 saturated carbocycles. The van der Waals surface area contributed by atoms with Crippen LogP contribution >= 0.6 is 0 Å². The Hall–Kier alpha value is -0.0800. The maximum absolute atomic E-state index is 5.86. The van der Waals surface area contributed by atoms with Crippen LogP contribution in [0, 0.1) is 5.92 Å². The fraction of sp³-hybridized carbons (Fsp3) is 1.00. The van der Waals surface area contributed by atoms with E-state index in [4.69, 9.17) is 5.73 Å². The standard InChI is InChI=1S/C10H22N2/c1-9-5-4-6-10(7-9,8-11)12(2)3/h9H,4-8,11H2,1-3H3/t9-,10+/m0/s1. The van der Waals surface area contributed by atoms with Gasteiger partial charge in [0.25, 0.3) is 0 Å². The third kappa shape index (κ3) is 1.80. The summed E-state index contributed by atoms with van der Waals surface area (Å²) in [6.45, 7) is 3.15. The number of likely N-dealkylation sites (N-methyl/N-ethyl adjacent to an activating group) is 1. The van der Waals surface area contributed by atoms with Gasteiger partial charge < -0.3 is 10.6 Å². The van der Waals surface area contributed by atoms with Crippen LogP contribution in [0.4, 0.5) is 0 Å². The molecule has 0 aromatic rings. The minimum atomic E-state index is 0.303. The summed E-state index contributed by atoms with van der Waals surface area (Å²) in [6.07, 6.45) is 5.28. The molecule has 0 saturated heterocycles. The number of rotatable bonds is 2. The molecule has 12 heavy (non-hydrogen) atoms. The van der Waals surface area contributed by atoms with Gasteiger partial charge >= 0.3 is 0 Å². The van der Waals surface area contributed by atoms with Crippen LogP contribution in [0.2, 0.25) is 0 Å². The minimum absolute atomic E-state index is 0.303. The average molecular weight is 170 g/mol. The first kappa shape index (κ1) is 10.0. The van der Waals surface area contributed by atoms with E-state index in [0.717, 1.165) is 12.5 Å². The zero-order chi connectivity index (χ0) is 9.19. The van der Waals surface area contributed by atoms with Crippen LogP contribution in [0.3, 0.4) is 0 Å². The van der Waals surface area contributed by atoms with Gasteiger partial charge in [0.15, 0.2) is 0 Å². The first-order valence-corrected chi connectivity index (χ1v) is 4.98. The molecule has 0 spiro atoms. The van der Waals surface area contributed by atoms with Crippen LogP contribution in [-0.4, -0.2) is 31.1 Å². The molecule has 0 unspecified atom stereocenters. The van der Waals surface area contributed by atoms with E-state index < -0.39 is 0 Å². The Labute approximate surface area is 76.1 Å². The topological polar surface area (TPSA) is 29.3 Å². The van der Waals surface area contributed by atoms with E-state index in [2.05, 4.69) is 25.9 Å². The second-order valence-corrected chi connectivity index (χ2v) is 4.52. The van der Waals surface area contributed by atoms with Crippen LogP contribution in [0.5, 0.6) is 0 Å². The van der Waals surface area contributed by atoms with E-state index in [1.54, 1.807) is 0 Å². The average Bonchev–Trinajstić information content (AvgIpc) is 2.04. The van der Waals surface area contributed by atoms with Gasteiger partial charge in [-0.2, -0.15) is 0 Å². The van der Waals surface area contributed by atoms with Crippen molar-refractivity contribution < 1.29 is 0 Å². The van der Waals surface area contributed by atoms with E-state index in [9.17, 15) is 0 Å². The van der Waals surface area contributed by atoms with Gasteiger partial charge in [0.2, 0.25) is 0 Å². The van der Waals surface area contributed by atoms with Gasteiger partial charge in [0.1, 0.15) is 0 Å². The maximum atomic E-state index is 5.86. The van der Waals surface area contributed by atoms with Gasteiger partial charge in [-0.05, 0) is 32.9 Å². The van der Waals surface area contributed by atoms with Crippen molar-refractivity contribution in [2.24, 2.45) is 11.7 Å². The molecule has 0 aromatic heterocycles. The summed E-state index contributed by atoms with van der Waals surface area (Å²) in [4.78, 5) is 2.32. The quantitative estimate of drug-likeness (QED) is 0.680. The van der Waals surface area contributed by atoms with E-state index in [1.165, 1.54) is 25.7 Å². The van der Waals surface area contributed by atoms with Crippen LogP contribution in [0.25, 0.3) is 0 Å². The largest absolute Gasteiger partial charge is 0.329 e. The minimum Gasteiger partial charge on any atom is -0.329 e. The normalized spacial score (nSPS) is 37.2. The van der Waals surface area contributed by atoms with Crippen molar-refractivity contribution in [1.29, 1.82) is 0 Å². The lowest BCUT2D eigenvalue weighted by Gasteiger charge is -2.44. The van der Waals surface area contributed by atoms with E-state index in [-0.39, 0.29) is 0 Å². The van der Waals surface area contributed by atoms with Crippen molar-refractivity contribution in [3.05, 3.63) is 0 Å². The lowest BCUT2D eigenvalue weighted by atomic mass is 9.75. The lowest BCUT2D eigenvalue weighted by molar-refractivity contribution is 0.0841. The summed E-state index contributed by atoms with van der Waals surface area (Å²) in [5.74, 6) is 0.852. The number of hydrogen-bond donors (Lipinski definition) is 1. The van der Waals surface area contributed by atoms with Crippen molar-refractivity contribution in [1.82, 2.24) is 4.90 Å². The zero-order valence-electron chi connectivity index (χ0n) is 8.64. The molecule has 0 radical (unpaired) electrons. The number of hydrogen-bond acceptors (Lipinski definition) is 2. The molecule has 0 heterocycles. The Morgan fingerprint density at radius 3 is 2.50 bits per heavy atom. The van der Waals surface area contributed by atoms with Crippen molar-refractivity contribution in [2.45, 2.75) is 38.1 Å². The Morgan fingerprint density at radius 2 is 2.17 bits per heavy atom.